The number of benzene rings is 1. The highest BCUT2D eigenvalue weighted by molar-refractivity contribution is 5.76. The van der Waals surface area contributed by atoms with Crippen molar-refractivity contribution in [1.29, 1.82) is 0 Å². The van der Waals surface area contributed by atoms with Gasteiger partial charge < -0.3 is 14.6 Å². The normalized spacial score (nSPS) is 35.2. The van der Waals surface area contributed by atoms with Crippen LogP contribution in [0.4, 0.5) is 0 Å². The molecule has 0 amide bonds. The van der Waals surface area contributed by atoms with Gasteiger partial charge in [0.05, 0.1) is 16.8 Å². The minimum absolute atomic E-state index is 0.297. The number of nitrogens with zero attached hydrogens (tertiary/aromatic N) is 4. The van der Waals surface area contributed by atoms with E-state index in [4.69, 9.17) is 4.98 Å². The molecule has 0 spiro atoms. The summed E-state index contributed by atoms with van der Waals surface area (Å²) in [5.41, 5.74) is 2.52. The van der Waals surface area contributed by atoms with Gasteiger partial charge in [-0.1, -0.05) is 50.8 Å². The molecule has 5 fully saturated rings. The van der Waals surface area contributed by atoms with Crippen LogP contribution in [-0.4, -0.2) is 62.2 Å². The molecule has 1 N–H and O–H groups in total. The van der Waals surface area contributed by atoms with Gasteiger partial charge in [-0.25, -0.2) is 4.98 Å². The maximum atomic E-state index is 9.53. The van der Waals surface area contributed by atoms with E-state index in [1.807, 2.05) is 0 Å². The molecule has 2 saturated carbocycles. The van der Waals surface area contributed by atoms with E-state index in [-0.39, 0.29) is 0 Å². The molecular formula is C32H46N4O. The molecule has 37 heavy (non-hydrogen) atoms. The zero-order chi connectivity index (χ0) is 24.9. The van der Waals surface area contributed by atoms with Crippen LogP contribution in [0, 0.1) is 11.8 Å². The van der Waals surface area contributed by atoms with Gasteiger partial charge in [-0.15, -0.1) is 0 Å². The van der Waals surface area contributed by atoms with Gasteiger partial charge in [-0.3, -0.25) is 4.90 Å². The zero-order valence-corrected chi connectivity index (χ0v) is 22.6. The molecule has 0 radical (unpaired) electrons. The van der Waals surface area contributed by atoms with Gasteiger partial charge in [0, 0.05) is 56.1 Å². The molecule has 2 aromatic rings. The van der Waals surface area contributed by atoms with Gasteiger partial charge in [0.15, 0.2) is 0 Å². The quantitative estimate of drug-likeness (QED) is 0.441. The third-order valence-corrected chi connectivity index (χ3v) is 10.8. The summed E-state index contributed by atoms with van der Waals surface area (Å²) in [4.78, 5) is 10.8. The van der Waals surface area contributed by atoms with Gasteiger partial charge in [0.25, 0.3) is 0 Å². The number of hydrogen-bond donors (Lipinski definition) is 1. The Hall–Kier alpha value is -1.85. The lowest BCUT2D eigenvalue weighted by Gasteiger charge is -2.55. The summed E-state index contributed by atoms with van der Waals surface area (Å²) in [6.07, 6.45) is 17.9. The second kappa shape index (κ2) is 10.0. The zero-order valence-electron chi connectivity index (χ0n) is 22.6. The molecule has 0 unspecified atom stereocenters. The molecule has 5 nitrogen and oxygen atoms in total. The molecule has 1 aromatic carbocycles. The number of aromatic nitrogens is 2. The summed E-state index contributed by atoms with van der Waals surface area (Å²) < 4.78 is 2.70. The van der Waals surface area contributed by atoms with Crippen molar-refractivity contribution in [2.75, 3.05) is 19.6 Å². The van der Waals surface area contributed by atoms with E-state index in [1.165, 1.54) is 93.9 Å². The summed E-state index contributed by atoms with van der Waals surface area (Å²) in [5.74, 6) is 4.11. The highest BCUT2D eigenvalue weighted by Gasteiger charge is 2.46. The number of para-hydroxylation sites is 2. The Kier molecular flexibility index (Phi) is 6.57. The van der Waals surface area contributed by atoms with E-state index >= 15 is 0 Å². The van der Waals surface area contributed by atoms with Crippen LogP contribution in [0.5, 0.6) is 0 Å². The topological polar surface area (TPSA) is 44.5 Å². The van der Waals surface area contributed by atoms with Crippen LogP contribution in [0.3, 0.4) is 0 Å². The maximum absolute atomic E-state index is 9.53. The lowest BCUT2D eigenvalue weighted by molar-refractivity contribution is -0.0424. The van der Waals surface area contributed by atoms with Crippen LogP contribution < -0.4 is 0 Å². The minimum Gasteiger partial charge on any atom is -0.513 e. The number of imidazole rings is 1. The molecule has 4 heterocycles. The van der Waals surface area contributed by atoms with E-state index in [2.05, 4.69) is 45.2 Å². The first-order valence-corrected chi connectivity index (χ1v) is 15.5. The molecule has 7 rings (SSSR count). The molecular weight excluding hydrogens is 456 g/mol. The van der Waals surface area contributed by atoms with Crippen LogP contribution in [-0.2, 0) is 0 Å². The number of aliphatic hydroxyl groups excluding tert-OH is 1. The van der Waals surface area contributed by atoms with E-state index in [9.17, 15) is 5.11 Å². The molecule has 200 valence electrons. The SMILES string of the molecule is C=C(O)CCN1CC(c2nc3ccccc3n2[C@H]2C[C@H]3CCC[C@@H](C2)N3[C@@H]2C[C@@H]3CCCC[C@@H](C3)C2)C1. The Morgan fingerprint density at radius 2 is 1.54 bits per heavy atom. The lowest BCUT2D eigenvalue weighted by atomic mass is 9.73. The number of aliphatic hydroxyl groups is 1. The van der Waals surface area contributed by atoms with Crippen molar-refractivity contribution in [3.63, 3.8) is 0 Å². The molecule has 5 heteroatoms. The van der Waals surface area contributed by atoms with Crippen molar-refractivity contribution in [2.24, 2.45) is 11.8 Å². The fourth-order valence-electron chi connectivity index (χ4n) is 9.24. The van der Waals surface area contributed by atoms with E-state index in [1.54, 1.807) is 0 Å². The highest BCUT2D eigenvalue weighted by Crippen LogP contribution is 2.48. The molecule has 1 aromatic heterocycles. The van der Waals surface area contributed by atoms with Crippen molar-refractivity contribution in [2.45, 2.75) is 114 Å². The largest absolute Gasteiger partial charge is 0.513 e. The lowest BCUT2D eigenvalue weighted by Crippen LogP contribution is -2.58. The summed E-state index contributed by atoms with van der Waals surface area (Å²) in [6, 6.07) is 11.8. The molecule has 3 saturated heterocycles. The van der Waals surface area contributed by atoms with Crippen LogP contribution >= 0.6 is 0 Å². The Morgan fingerprint density at radius 3 is 2.24 bits per heavy atom. The van der Waals surface area contributed by atoms with Crippen molar-refractivity contribution >= 4 is 11.0 Å². The first-order valence-electron chi connectivity index (χ1n) is 15.5. The molecule has 5 aliphatic rings. The first-order chi connectivity index (χ1) is 18.1. The third kappa shape index (κ3) is 4.65. The van der Waals surface area contributed by atoms with Gasteiger partial charge in [-0.05, 0) is 68.9 Å². The Labute approximate surface area is 222 Å². The molecule has 2 aliphatic carbocycles. The summed E-state index contributed by atoms with van der Waals surface area (Å²) in [5, 5.41) is 9.53. The summed E-state index contributed by atoms with van der Waals surface area (Å²) >= 11 is 0. The van der Waals surface area contributed by atoms with Crippen LogP contribution in [0.15, 0.2) is 36.6 Å². The van der Waals surface area contributed by atoms with Crippen molar-refractivity contribution in [1.82, 2.24) is 19.4 Å². The maximum Gasteiger partial charge on any atom is 0.115 e. The van der Waals surface area contributed by atoms with Crippen LogP contribution in [0.25, 0.3) is 11.0 Å². The average Bonchev–Trinajstić information content (AvgIpc) is 3.14. The fourth-order valence-corrected chi connectivity index (χ4v) is 9.24. The summed E-state index contributed by atoms with van der Waals surface area (Å²) in [7, 11) is 0. The van der Waals surface area contributed by atoms with Gasteiger partial charge in [-0.2, -0.15) is 0 Å². The Balaban J connectivity index is 1.13. The second-order valence-electron chi connectivity index (χ2n) is 13.3. The predicted octanol–water partition coefficient (Wildman–Crippen LogP) is 6.81. The fraction of sp³-hybridized carbons (Fsp3) is 0.719. The smallest absolute Gasteiger partial charge is 0.115 e. The van der Waals surface area contributed by atoms with Crippen LogP contribution in [0.1, 0.15) is 101 Å². The molecule has 6 atom stereocenters. The van der Waals surface area contributed by atoms with Gasteiger partial charge in [0.1, 0.15) is 5.82 Å². The number of fused-ring (bicyclic) bond motifs is 5. The van der Waals surface area contributed by atoms with E-state index < -0.39 is 0 Å². The first kappa shape index (κ1) is 24.2. The minimum atomic E-state index is 0.297. The number of piperidine rings is 2. The molecule has 4 bridgehead atoms. The Bertz CT molecular complexity index is 1090. The number of likely N-dealkylation sites (tertiary alicyclic amines) is 1. The predicted molar refractivity (Wildman–Crippen MR) is 150 cm³/mol. The average molecular weight is 503 g/mol. The highest BCUT2D eigenvalue weighted by atomic mass is 16.3. The number of hydrogen-bond acceptors (Lipinski definition) is 4. The van der Waals surface area contributed by atoms with Gasteiger partial charge in [0.2, 0.25) is 0 Å². The van der Waals surface area contributed by atoms with Crippen molar-refractivity contribution < 1.29 is 5.11 Å². The van der Waals surface area contributed by atoms with E-state index in [0.29, 0.717) is 24.1 Å². The van der Waals surface area contributed by atoms with E-state index in [0.717, 1.165) is 49.6 Å². The number of rotatable bonds is 6. The monoisotopic (exact) mass is 502 g/mol. The van der Waals surface area contributed by atoms with Gasteiger partial charge >= 0.3 is 0 Å². The second-order valence-corrected chi connectivity index (χ2v) is 13.3. The van der Waals surface area contributed by atoms with Crippen molar-refractivity contribution in [3.05, 3.63) is 42.4 Å². The van der Waals surface area contributed by atoms with Crippen LogP contribution in [0.2, 0.25) is 0 Å². The molecule has 3 aliphatic heterocycles. The summed E-state index contributed by atoms with van der Waals surface area (Å²) in [6.45, 7) is 6.66. The Morgan fingerprint density at radius 1 is 0.838 bits per heavy atom. The standard InChI is InChI=1S/C32H46N4O/c1-22(37)13-14-34-20-25(21-34)32-33-30-11-4-5-12-31(30)36(32)29-18-26-9-6-10-27(19-29)35(26)28-16-23-7-2-3-8-24(15-23)17-28/h4-5,11-12,23-29,37H,1-3,6-10,13-21H2/t23-,24+,26-,27+,28-,29+. The third-order valence-electron chi connectivity index (χ3n) is 10.8. The van der Waals surface area contributed by atoms with Crippen molar-refractivity contribution in [3.8, 4) is 0 Å².